The summed E-state index contributed by atoms with van der Waals surface area (Å²) in [6, 6.07) is 10.2. The van der Waals surface area contributed by atoms with E-state index in [2.05, 4.69) is 21.4 Å². The lowest BCUT2D eigenvalue weighted by atomic mass is 9.90. The fraction of sp³-hybridized carbons (Fsp3) is 0.333. The zero-order valence-electron chi connectivity index (χ0n) is 12.7. The van der Waals surface area contributed by atoms with Gasteiger partial charge in [-0.1, -0.05) is 29.8 Å². The number of nitrogens with one attached hydrogen (secondary N) is 1. The van der Waals surface area contributed by atoms with Crippen molar-refractivity contribution >= 4 is 23.5 Å². The van der Waals surface area contributed by atoms with Crippen molar-refractivity contribution in [2.75, 3.05) is 13.1 Å². The van der Waals surface area contributed by atoms with Crippen molar-refractivity contribution in [1.82, 2.24) is 10.3 Å². The molecule has 0 amide bonds. The minimum atomic E-state index is 0.157. The second-order valence-corrected chi connectivity index (χ2v) is 6.40. The number of aromatic nitrogens is 1. The smallest absolute Gasteiger partial charge is 0.213 e. The molecule has 1 aromatic carbocycles. The second-order valence-electron chi connectivity index (χ2n) is 5.99. The molecule has 0 spiro atoms. The monoisotopic (exact) mass is 327 g/mol. The van der Waals surface area contributed by atoms with Crippen molar-refractivity contribution in [3.8, 4) is 5.88 Å². The van der Waals surface area contributed by atoms with E-state index < -0.39 is 0 Å². The number of aliphatic imine (C=N–C) groups is 1. The van der Waals surface area contributed by atoms with Gasteiger partial charge < -0.3 is 10.1 Å². The number of pyridine rings is 1. The molecule has 0 aliphatic carbocycles. The molecule has 1 N–H and O–H groups in total. The van der Waals surface area contributed by atoms with Crippen molar-refractivity contribution in [1.29, 1.82) is 0 Å². The van der Waals surface area contributed by atoms with Gasteiger partial charge in [0.25, 0.3) is 0 Å². The summed E-state index contributed by atoms with van der Waals surface area (Å²) in [5, 5.41) is 3.96. The minimum absolute atomic E-state index is 0.157. The van der Waals surface area contributed by atoms with Gasteiger partial charge in [-0.15, -0.1) is 0 Å². The van der Waals surface area contributed by atoms with E-state index in [0.29, 0.717) is 10.9 Å². The fourth-order valence-corrected chi connectivity index (χ4v) is 3.39. The van der Waals surface area contributed by atoms with Gasteiger partial charge in [-0.05, 0) is 36.6 Å². The van der Waals surface area contributed by atoms with Gasteiger partial charge in [0.2, 0.25) is 5.88 Å². The summed E-state index contributed by atoms with van der Waals surface area (Å²) >= 11 is 6.38. The van der Waals surface area contributed by atoms with Crippen LogP contribution in [0.1, 0.15) is 23.5 Å². The molecule has 2 aliphatic heterocycles. The van der Waals surface area contributed by atoms with E-state index in [1.165, 1.54) is 5.56 Å². The SMILES string of the molecule is Clc1cnc(OC2CCNC2)cc1C1C=Nc2ccccc2C1. The van der Waals surface area contributed by atoms with Crippen molar-refractivity contribution in [2.24, 2.45) is 4.99 Å². The summed E-state index contributed by atoms with van der Waals surface area (Å²) in [5.74, 6) is 0.801. The molecule has 2 atom stereocenters. The lowest BCUT2D eigenvalue weighted by Crippen LogP contribution is -2.20. The molecule has 2 unspecified atom stereocenters. The minimum Gasteiger partial charge on any atom is -0.473 e. The molecule has 4 nitrogen and oxygen atoms in total. The number of nitrogens with zero attached hydrogens (tertiary/aromatic N) is 2. The second kappa shape index (κ2) is 6.30. The quantitative estimate of drug-likeness (QED) is 0.938. The lowest BCUT2D eigenvalue weighted by molar-refractivity contribution is 0.214. The van der Waals surface area contributed by atoms with Gasteiger partial charge in [0.15, 0.2) is 0 Å². The molecule has 1 saturated heterocycles. The first-order valence-corrected chi connectivity index (χ1v) is 8.32. The van der Waals surface area contributed by atoms with E-state index in [9.17, 15) is 0 Å². The van der Waals surface area contributed by atoms with Crippen LogP contribution in [0.2, 0.25) is 5.02 Å². The van der Waals surface area contributed by atoms with Crippen LogP contribution in [-0.4, -0.2) is 30.4 Å². The van der Waals surface area contributed by atoms with Crippen molar-refractivity contribution < 1.29 is 4.74 Å². The molecule has 23 heavy (non-hydrogen) atoms. The standard InChI is InChI=1S/C18H18ClN3O/c19-16-11-22-18(23-14-5-6-20-10-14)8-15(16)13-7-12-3-1-2-4-17(12)21-9-13/h1-4,8-9,11,13-14,20H,5-7,10H2. The Morgan fingerprint density at radius 2 is 2.17 bits per heavy atom. The summed E-state index contributed by atoms with van der Waals surface area (Å²) in [6.07, 6.45) is 5.76. The van der Waals surface area contributed by atoms with E-state index >= 15 is 0 Å². The number of para-hydroxylation sites is 1. The molecular formula is C18H18ClN3O. The Hall–Kier alpha value is -1.91. The topological polar surface area (TPSA) is 46.5 Å². The molecule has 0 saturated carbocycles. The molecule has 2 aliphatic rings. The summed E-state index contributed by atoms with van der Waals surface area (Å²) in [7, 11) is 0. The van der Waals surface area contributed by atoms with Crippen LogP contribution in [-0.2, 0) is 6.42 Å². The first-order valence-electron chi connectivity index (χ1n) is 7.94. The van der Waals surface area contributed by atoms with Crippen LogP contribution in [0.15, 0.2) is 41.5 Å². The van der Waals surface area contributed by atoms with Crippen LogP contribution in [0, 0.1) is 0 Å². The van der Waals surface area contributed by atoms with Crippen LogP contribution < -0.4 is 10.1 Å². The molecule has 3 heterocycles. The fourth-order valence-electron chi connectivity index (χ4n) is 3.14. The molecule has 118 valence electrons. The van der Waals surface area contributed by atoms with E-state index in [4.69, 9.17) is 16.3 Å². The Balaban J connectivity index is 1.59. The van der Waals surface area contributed by atoms with Gasteiger partial charge in [-0.2, -0.15) is 0 Å². The number of halogens is 1. The van der Waals surface area contributed by atoms with Gasteiger partial charge in [0.1, 0.15) is 6.10 Å². The third-order valence-electron chi connectivity index (χ3n) is 4.39. The lowest BCUT2D eigenvalue weighted by Gasteiger charge is -2.20. The third-order valence-corrected chi connectivity index (χ3v) is 4.70. The predicted molar refractivity (Wildman–Crippen MR) is 92.2 cm³/mol. The van der Waals surface area contributed by atoms with Crippen LogP contribution >= 0.6 is 11.6 Å². The van der Waals surface area contributed by atoms with E-state index in [1.54, 1.807) is 6.20 Å². The zero-order valence-corrected chi connectivity index (χ0v) is 13.5. The highest BCUT2D eigenvalue weighted by Gasteiger charge is 2.21. The highest BCUT2D eigenvalue weighted by atomic mass is 35.5. The van der Waals surface area contributed by atoms with E-state index in [-0.39, 0.29) is 12.0 Å². The maximum absolute atomic E-state index is 6.38. The normalized spacial score (nSPS) is 22.8. The highest BCUT2D eigenvalue weighted by molar-refractivity contribution is 6.31. The van der Waals surface area contributed by atoms with Gasteiger partial charge in [0, 0.05) is 30.9 Å². The summed E-state index contributed by atoms with van der Waals surface area (Å²) in [5.41, 5.74) is 3.32. The number of ether oxygens (including phenoxy) is 1. The molecule has 5 heteroatoms. The van der Waals surface area contributed by atoms with Gasteiger partial charge in [-0.3, -0.25) is 4.99 Å². The summed E-state index contributed by atoms with van der Waals surface area (Å²) < 4.78 is 5.95. The molecule has 2 aromatic rings. The summed E-state index contributed by atoms with van der Waals surface area (Å²) in [6.45, 7) is 1.87. The Kier molecular flexibility index (Phi) is 4.02. The first-order chi connectivity index (χ1) is 11.3. The van der Waals surface area contributed by atoms with Gasteiger partial charge in [0.05, 0.1) is 10.7 Å². The molecule has 1 aromatic heterocycles. The Morgan fingerprint density at radius 3 is 3.04 bits per heavy atom. The largest absolute Gasteiger partial charge is 0.473 e. The maximum Gasteiger partial charge on any atom is 0.213 e. The van der Waals surface area contributed by atoms with Crippen molar-refractivity contribution in [2.45, 2.75) is 24.9 Å². The average Bonchev–Trinajstić information content (AvgIpc) is 3.09. The average molecular weight is 328 g/mol. The van der Waals surface area contributed by atoms with E-state index in [1.807, 2.05) is 30.5 Å². The number of fused-ring (bicyclic) bond motifs is 1. The van der Waals surface area contributed by atoms with Gasteiger partial charge >= 0.3 is 0 Å². The highest BCUT2D eigenvalue weighted by Crippen LogP contribution is 2.34. The van der Waals surface area contributed by atoms with Crippen molar-refractivity contribution in [3.63, 3.8) is 0 Å². The number of hydrogen-bond acceptors (Lipinski definition) is 4. The number of hydrogen-bond donors (Lipinski definition) is 1. The zero-order chi connectivity index (χ0) is 15.6. The number of benzene rings is 1. The molecule has 0 bridgehead atoms. The number of rotatable bonds is 3. The Bertz CT molecular complexity index is 741. The van der Waals surface area contributed by atoms with E-state index in [0.717, 1.165) is 37.2 Å². The first kappa shape index (κ1) is 14.7. The maximum atomic E-state index is 6.38. The van der Waals surface area contributed by atoms with Crippen molar-refractivity contribution in [3.05, 3.63) is 52.7 Å². The third kappa shape index (κ3) is 3.09. The van der Waals surface area contributed by atoms with Crippen LogP contribution in [0.4, 0.5) is 5.69 Å². The molecule has 4 rings (SSSR count). The van der Waals surface area contributed by atoms with Crippen LogP contribution in [0.25, 0.3) is 0 Å². The predicted octanol–water partition coefficient (Wildman–Crippen LogP) is 3.52. The Labute approximate surface area is 140 Å². The van der Waals surface area contributed by atoms with Crippen LogP contribution in [0.3, 0.4) is 0 Å². The van der Waals surface area contributed by atoms with Crippen LogP contribution in [0.5, 0.6) is 5.88 Å². The molecular weight excluding hydrogens is 310 g/mol. The molecule has 1 fully saturated rings. The molecule has 0 radical (unpaired) electrons. The van der Waals surface area contributed by atoms with Gasteiger partial charge in [-0.25, -0.2) is 4.98 Å². The Morgan fingerprint density at radius 1 is 1.26 bits per heavy atom. The summed E-state index contributed by atoms with van der Waals surface area (Å²) in [4.78, 5) is 8.89.